The SMILES string of the molecule is COc1cc(/C=N\NC(=O)c2cccs2)ccc1OC(=O)c1ccccc1F. The molecule has 0 unspecified atom stereocenters. The Kier molecular flexibility index (Phi) is 6.13. The van der Waals surface area contributed by atoms with Crippen molar-refractivity contribution < 1.29 is 23.5 Å². The molecule has 1 N–H and O–H groups in total. The van der Waals surface area contributed by atoms with Gasteiger partial charge in [-0.1, -0.05) is 18.2 Å². The molecule has 1 aromatic heterocycles. The second-order valence-corrected chi connectivity index (χ2v) is 6.40. The predicted molar refractivity (Wildman–Crippen MR) is 104 cm³/mol. The average Bonchev–Trinajstić information content (AvgIpc) is 3.24. The Morgan fingerprint density at radius 2 is 1.93 bits per heavy atom. The van der Waals surface area contributed by atoms with E-state index in [4.69, 9.17) is 9.47 Å². The number of carbonyl (C=O) groups is 2. The zero-order valence-corrected chi connectivity index (χ0v) is 15.5. The summed E-state index contributed by atoms with van der Waals surface area (Å²) in [5, 5.41) is 5.69. The molecule has 0 aliphatic carbocycles. The van der Waals surface area contributed by atoms with Crippen LogP contribution in [0.2, 0.25) is 0 Å². The van der Waals surface area contributed by atoms with Gasteiger partial charge in [-0.2, -0.15) is 5.10 Å². The number of hydrogen-bond acceptors (Lipinski definition) is 6. The molecule has 0 radical (unpaired) electrons. The number of halogens is 1. The lowest BCUT2D eigenvalue weighted by Gasteiger charge is -2.10. The molecule has 0 spiro atoms. The second-order valence-electron chi connectivity index (χ2n) is 5.46. The molecule has 1 heterocycles. The molecule has 2 aromatic carbocycles. The molecule has 8 heteroatoms. The molecule has 28 heavy (non-hydrogen) atoms. The van der Waals surface area contributed by atoms with Crippen LogP contribution in [0.3, 0.4) is 0 Å². The number of ether oxygens (including phenoxy) is 2. The normalized spacial score (nSPS) is 10.6. The highest BCUT2D eigenvalue weighted by Gasteiger charge is 2.16. The summed E-state index contributed by atoms with van der Waals surface area (Å²) in [6, 6.07) is 13.7. The fourth-order valence-corrected chi connectivity index (χ4v) is 2.87. The van der Waals surface area contributed by atoms with Crippen LogP contribution in [0, 0.1) is 5.82 Å². The number of carbonyl (C=O) groups excluding carboxylic acids is 2. The van der Waals surface area contributed by atoms with Crippen LogP contribution in [0.5, 0.6) is 11.5 Å². The first-order valence-electron chi connectivity index (χ1n) is 8.10. The summed E-state index contributed by atoms with van der Waals surface area (Å²) in [4.78, 5) is 24.5. The summed E-state index contributed by atoms with van der Waals surface area (Å²) in [5.74, 6) is -1.42. The number of nitrogens with zero attached hydrogens (tertiary/aromatic N) is 1. The summed E-state index contributed by atoms with van der Waals surface area (Å²) in [7, 11) is 1.41. The van der Waals surface area contributed by atoms with Crippen molar-refractivity contribution in [1.82, 2.24) is 5.43 Å². The molecule has 0 aliphatic heterocycles. The van der Waals surface area contributed by atoms with Gasteiger partial charge in [0, 0.05) is 0 Å². The van der Waals surface area contributed by atoms with E-state index in [-0.39, 0.29) is 23.0 Å². The van der Waals surface area contributed by atoms with Crippen molar-refractivity contribution in [3.63, 3.8) is 0 Å². The maximum Gasteiger partial charge on any atom is 0.346 e. The van der Waals surface area contributed by atoms with Crippen molar-refractivity contribution in [3.05, 3.63) is 81.8 Å². The Hall–Kier alpha value is -3.52. The van der Waals surface area contributed by atoms with E-state index in [1.807, 2.05) is 0 Å². The largest absolute Gasteiger partial charge is 0.493 e. The maximum absolute atomic E-state index is 13.7. The highest BCUT2D eigenvalue weighted by atomic mass is 32.1. The number of amides is 1. The number of nitrogens with one attached hydrogen (secondary N) is 1. The smallest absolute Gasteiger partial charge is 0.346 e. The number of esters is 1. The van der Waals surface area contributed by atoms with Crippen LogP contribution in [0.1, 0.15) is 25.6 Å². The van der Waals surface area contributed by atoms with E-state index in [0.29, 0.717) is 10.4 Å². The van der Waals surface area contributed by atoms with Gasteiger partial charge in [0.15, 0.2) is 11.5 Å². The number of hydrazone groups is 1. The molecule has 3 aromatic rings. The number of methoxy groups -OCH3 is 1. The maximum atomic E-state index is 13.7. The van der Waals surface area contributed by atoms with Crippen LogP contribution in [-0.4, -0.2) is 25.2 Å². The zero-order valence-electron chi connectivity index (χ0n) is 14.7. The summed E-state index contributed by atoms with van der Waals surface area (Å²) >= 11 is 1.31. The minimum absolute atomic E-state index is 0.135. The summed E-state index contributed by atoms with van der Waals surface area (Å²) in [6.45, 7) is 0. The monoisotopic (exact) mass is 398 g/mol. The highest BCUT2D eigenvalue weighted by molar-refractivity contribution is 7.12. The van der Waals surface area contributed by atoms with Crippen LogP contribution < -0.4 is 14.9 Å². The number of thiophene rings is 1. The lowest BCUT2D eigenvalue weighted by molar-refractivity contribution is 0.0724. The first-order chi connectivity index (χ1) is 13.6. The fourth-order valence-electron chi connectivity index (χ4n) is 2.26. The molecule has 0 atom stereocenters. The Bertz CT molecular complexity index is 1020. The molecule has 0 fully saturated rings. The fraction of sp³-hybridized carbons (Fsp3) is 0.0500. The Morgan fingerprint density at radius 1 is 1.11 bits per heavy atom. The van der Waals surface area contributed by atoms with Crippen molar-refractivity contribution in [1.29, 1.82) is 0 Å². The van der Waals surface area contributed by atoms with Gasteiger partial charge in [0.25, 0.3) is 5.91 Å². The van der Waals surface area contributed by atoms with Gasteiger partial charge in [-0.3, -0.25) is 4.79 Å². The van der Waals surface area contributed by atoms with E-state index >= 15 is 0 Å². The van der Waals surface area contributed by atoms with E-state index in [9.17, 15) is 14.0 Å². The number of rotatable bonds is 6. The lowest BCUT2D eigenvalue weighted by atomic mass is 10.2. The van der Waals surface area contributed by atoms with Crippen LogP contribution in [0.15, 0.2) is 65.1 Å². The summed E-state index contributed by atoms with van der Waals surface area (Å²) < 4.78 is 24.2. The Morgan fingerprint density at radius 3 is 2.64 bits per heavy atom. The van der Waals surface area contributed by atoms with Gasteiger partial charge < -0.3 is 9.47 Å². The number of benzene rings is 2. The molecule has 3 rings (SSSR count). The van der Waals surface area contributed by atoms with Gasteiger partial charge in [-0.15, -0.1) is 11.3 Å². The summed E-state index contributed by atoms with van der Waals surface area (Å²) in [6.07, 6.45) is 1.43. The number of hydrogen-bond donors (Lipinski definition) is 1. The topological polar surface area (TPSA) is 77.0 Å². The predicted octanol–water partition coefficient (Wildman–Crippen LogP) is 3.88. The van der Waals surface area contributed by atoms with Gasteiger partial charge >= 0.3 is 5.97 Å². The van der Waals surface area contributed by atoms with Gasteiger partial charge in [0.1, 0.15) is 5.82 Å². The van der Waals surface area contributed by atoms with Crippen LogP contribution >= 0.6 is 11.3 Å². The van der Waals surface area contributed by atoms with Crippen molar-refractivity contribution in [3.8, 4) is 11.5 Å². The summed E-state index contributed by atoms with van der Waals surface area (Å²) in [5.41, 5.74) is 2.85. The van der Waals surface area contributed by atoms with Gasteiger partial charge in [0.05, 0.1) is 23.8 Å². The van der Waals surface area contributed by atoms with Crippen molar-refractivity contribution >= 4 is 29.4 Å². The molecular formula is C20H15FN2O4S. The first-order valence-corrected chi connectivity index (χ1v) is 8.98. The van der Waals surface area contributed by atoms with Gasteiger partial charge in [-0.25, -0.2) is 14.6 Å². The Labute approximate surface area is 164 Å². The van der Waals surface area contributed by atoms with E-state index in [1.54, 1.807) is 35.7 Å². The molecule has 0 bridgehead atoms. The average molecular weight is 398 g/mol. The molecule has 6 nitrogen and oxygen atoms in total. The first kappa shape index (κ1) is 19.2. The quantitative estimate of drug-likeness (QED) is 0.296. The molecule has 0 saturated heterocycles. The molecule has 142 valence electrons. The van der Waals surface area contributed by atoms with Crippen molar-refractivity contribution in [2.75, 3.05) is 7.11 Å². The highest BCUT2D eigenvalue weighted by Crippen LogP contribution is 2.28. The van der Waals surface area contributed by atoms with E-state index in [0.717, 1.165) is 0 Å². The third-order valence-electron chi connectivity index (χ3n) is 3.61. The standard InChI is InChI=1S/C20H15FN2O4S/c1-26-17-11-13(12-22-23-19(24)18-7-4-10-28-18)8-9-16(17)27-20(25)14-5-2-3-6-15(14)21/h2-12H,1H3,(H,23,24)/b22-12-. The molecule has 0 saturated carbocycles. The van der Waals surface area contributed by atoms with E-state index in [1.165, 1.54) is 48.9 Å². The zero-order chi connectivity index (χ0) is 19.9. The van der Waals surface area contributed by atoms with Crippen LogP contribution in [0.4, 0.5) is 4.39 Å². The third-order valence-corrected chi connectivity index (χ3v) is 4.48. The van der Waals surface area contributed by atoms with Crippen molar-refractivity contribution in [2.24, 2.45) is 5.10 Å². The lowest BCUT2D eigenvalue weighted by Crippen LogP contribution is -2.16. The minimum Gasteiger partial charge on any atom is -0.493 e. The van der Waals surface area contributed by atoms with Crippen LogP contribution in [-0.2, 0) is 0 Å². The second kappa shape index (κ2) is 8.92. The van der Waals surface area contributed by atoms with E-state index in [2.05, 4.69) is 10.5 Å². The van der Waals surface area contributed by atoms with Gasteiger partial charge in [0.2, 0.25) is 0 Å². The Balaban J connectivity index is 1.70. The third kappa shape index (κ3) is 4.60. The molecular weight excluding hydrogens is 383 g/mol. The minimum atomic E-state index is -0.832. The van der Waals surface area contributed by atoms with Crippen LogP contribution in [0.25, 0.3) is 0 Å². The van der Waals surface area contributed by atoms with Gasteiger partial charge in [-0.05, 0) is 47.3 Å². The molecule has 0 aliphatic rings. The van der Waals surface area contributed by atoms with E-state index < -0.39 is 11.8 Å². The van der Waals surface area contributed by atoms with Crippen molar-refractivity contribution in [2.45, 2.75) is 0 Å². The molecule has 1 amide bonds.